The predicted octanol–water partition coefficient (Wildman–Crippen LogP) is 3.48. The van der Waals surface area contributed by atoms with Crippen molar-refractivity contribution in [2.75, 3.05) is 20.1 Å². The molecule has 0 bridgehead atoms. The van der Waals surface area contributed by atoms with Gasteiger partial charge in [-0.15, -0.1) is 0 Å². The van der Waals surface area contributed by atoms with Crippen molar-refractivity contribution in [3.63, 3.8) is 0 Å². The molecule has 0 spiro atoms. The lowest BCUT2D eigenvalue weighted by molar-refractivity contribution is -0.143. The van der Waals surface area contributed by atoms with Crippen LogP contribution in [-0.2, 0) is 5.41 Å². The topological polar surface area (TPSA) is 29.3 Å². The van der Waals surface area contributed by atoms with Crippen molar-refractivity contribution < 1.29 is 13.2 Å². The lowest BCUT2D eigenvalue weighted by atomic mass is 9.86. The molecule has 114 valence electrons. The number of hydrogen-bond acceptors (Lipinski definition) is 2. The van der Waals surface area contributed by atoms with Crippen LogP contribution >= 0.6 is 0 Å². The average molecular weight is 288 g/mol. The quantitative estimate of drug-likeness (QED) is 0.919. The monoisotopic (exact) mass is 288 g/mol. The van der Waals surface area contributed by atoms with E-state index in [2.05, 4.69) is 20.8 Å². The summed E-state index contributed by atoms with van der Waals surface area (Å²) in [5.74, 6) is 0. The molecule has 0 aliphatic heterocycles. The van der Waals surface area contributed by atoms with Crippen LogP contribution in [0, 0.1) is 0 Å². The van der Waals surface area contributed by atoms with Gasteiger partial charge in [-0.1, -0.05) is 45.0 Å². The Morgan fingerprint density at radius 3 is 2.00 bits per heavy atom. The van der Waals surface area contributed by atoms with Crippen molar-refractivity contribution in [3.8, 4) is 0 Å². The minimum Gasteiger partial charge on any atom is -0.323 e. The van der Waals surface area contributed by atoms with Crippen LogP contribution in [0.3, 0.4) is 0 Å². The van der Waals surface area contributed by atoms with Gasteiger partial charge in [0.15, 0.2) is 0 Å². The predicted molar refractivity (Wildman–Crippen MR) is 75.6 cm³/mol. The van der Waals surface area contributed by atoms with Crippen LogP contribution in [-0.4, -0.2) is 31.2 Å². The number of nitrogens with two attached hydrogens (primary N) is 1. The third-order valence-corrected chi connectivity index (χ3v) is 3.16. The number of halogens is 3. The highest BCUT2D eigenvalue weighted by Crippen LogP contribution is 2.24. The zero-order valence-electron chi connectivity index (χ0n) is 12.5. The van der Waals surface area contributed by atoms with Gasteiger partial charge in [-0.05, 0) is 23.6 Å². The largest absolute Gasteiger partial charge is 0.401 e. The Balaban J connectivity index is 2.66. The first-order valence-electron chi connectivity index (χ1n) is 6.60. The van der Waals surface area contributed by atoms with Gasteiger partial charge in [0.25, 0.3) is 0 Å². The van der Waals surface area contributed by atoms with Gasteiger partial charge in [-0.25, -0.2) is 0 Å². The van der Waals surface area contributed by atoms with Crippen molar-refractivity contribution in [2.24, 2.45) is 5.73 Å². The highest BCUT2D eigenvalue weighted by molar-refractivity contribution is 5.29. The van der Waals surface area contributed by atoms with E-state index in [1.54, 1.807) is 0 Å². The molecule has 1 rings (SSSR count). The van der Waals surface area contributed by atoms with Gasteiger partial charge >= 0.3 is 6.18 Å². The maximum absolute atomic E-state index is 12.3. The van der Waals surface area contributed by atoms with E-state index in [-0.39, 0.29) is 12.0 Å². The Kier molecular flexibility index (Phi) is 5.21. The third-order valence-electron chi connectivity index (χ3n) is 3.16. The van der Waals surface area contributed by atoms with Crippen LogP contribution in [0.15, 0.2) is 24.3 Å². The maximum atomic E-state index is 12.3. The van der Waals surface area contributed by atoms with E-state index in [1.807, 2.05) is 24.3 Å². The summed E-state index contributed by atoms with van der Waals surface area (Å²) < 4.78 is 36.8. The molecule has 1 aromatic carbocycles. The van der Waals surface area contributed by atoms with Crippen molar-refractivity contribution in [1.29, 1.82) is 0 Å². The lowest BCUT2D eigenvalue weighted by Gasteiger charge is -2.24. The fourth-order valence-electron chi connectivity index (χ4n) is 2.04. The SMILES string of the molecule is CN(CC(N)c1ccc(C(C)(C)C)cc1)CC(F)(F)F. The Morgan fingerprint density at radius 1 is 1.10 bits per heavy atom. The first-order chi connectivity index (χ1) is 8.99. The summed E-state index contributed by atoms with van der Waals surface area (Å²) in [4.78, 5) is 1.20. The van der Waals surface area contributed by atoms with Gasteiger partial charge in [0.1, 0.15) is 0 Å². The second-order valence-electron chi connectivity index (χ2n) is 6.29. The van der Waals surface area contributed by atoms with Gasteiger partial charge in [0, 0.05) is 12.6 Å². The molecule has 0 amide bonds. The second-order valence-corrected chi connectivity index (χ2v) is 6.29. The highest BCUT2D eigenvalue weighted by Gasteiger charge is 2.29. The molecule has 0 saturated heterocycles. The molecule has 2 N–H and O–H groups in total. The van der Waals surface area contributed by atoms with Gasteiger partial charge in [-0.3, -0.25) is 4.90 Å². The molecule has 20 heavy (non-hydrogen) atoms. The molecule has 2 nitrogen and oxygen atoms in total. The summed E-state index contributed by atoms with van der Waals surface area (Å²) in [5.41, 5.74) is 8.05. The van der Waals surface area contributed by atoms with Crippen LogP contribution in [0.5, 0.6) is 0 Å². The first kappa shape index (κ1) is 17.0. The molecular formula is C15H23F3N2. The standard InChI is InChI=1S/C15H23F3N2/c1-14(2,3)12-7-5-11(6-8-12)13(19)9-20(4)10-15(16,17)18/h5-8,13H,9-10,19H2,1-4H3. The summed E-state index contributed by atoms with van der Waals surface area (Å²) in [6.45, 7) is 5.56. The van der Waals surface area contributed by atoms with E-state index in [0.29, 0.717) is 0 Å². The summed E-state index contributed by atoms with van der Waals surface area (Å²) >= 11 is 0. The van der Waals surface area contributed by atoms with Gasteiger partial charge in [0.05, 0.1) is 6.54 Å². The molecule has 1 aromatic rings. The maximum Gasteiger partial charge on any atom is 0.401 e. The Morgan fingerprint density at radius 2 is 1.60 bits per heavy atom. The van der Waals surface area contributed by atoms with Crippen molar-refractivity contribution in [2.45, 2.75) is 38.4 Å². The van der Waals surface area contributed by atoms with E-state index in [1.165, 1.54) is 17.5 Å². The molecule has 0 aliphatic carbocycles. The molecule has 0 aliphatic rings. The highest BCUT2D eigenvalue weighted by atomic mass is 19.4. The van der Waals surface area contributed by atoms with Crippen molar-refractivity contribution in [3.05, 3.63) is 35.4 Å². The number of rotatable bonds is 4. The van der Waals surface area contributed by atoms with E-state index in [9.17, 15) is 13.2 Å². The Bertz CT molecular complexity index is 418. The second kappa shape index (κ2) is 6.14. The van der Waals surface area contributed by atoms with Gasteiger partial charge in [0.2, 0.25) is 0 Å². The number of likely N-dealkylation sites (N-methyl/N-ethyl adjacent to an activating group) is 1. The molecule has 0 saturated carbocycles. The smallest absolute Gasteiger partial charge is 0.323 e. The molecular weight excluding hydrogens is 265 g/mol. The molecule has 0 heterocycles. The van der Waals surface area contributed by atoms with Crippen LogP contribution in [0.4, 0.5) is 13.2 Å². The molecule has 5 heteroatoms. The minimum absolute atomic E-state index is 0.0513. The Hall–Kier alpha value is -1.07. The van der Waals surface area contributed by atoms with E-state index in [0.717, 1.165) is 5.56 Å². The first-order valence-corrected chi connectivity index (χ1v) is 6.60. The number of nitrogens with zero attached hydrogens (tertiary/aromatic N) is 1. The molecule has 1 atom stereocenters. The summed E-state index contributed by atoms with van der Waals surface area (Å²) in [7, 11) is 1.43. The number of alkyl halides is 3. The molecule has 0 aromatic heterocycles. The average Bonchev–Trinajstić information content (AvgIpc) is 2.25. The van der Waals surface area contributed by atoms with E-state index in [4.69, 9.17) is 5.73 Å². The normalized spacial score (nSPS) is 14.7. The lowest BCUT2D eigenvalue weighted by Crippen LogP contribution is -2.36. The van der Waals surface area contributed by atoms with E-state index >= 15 is 0 Å². The Labute approximate surface area is 118 Å². The molecule has 0 fully saturated rings. The van der Waals surface area contributed by atoms with Crippen molar-refractivity contribution in [1.82, 2.24) is 4.90 Å². The van der Waals surface area contributed by atoms with E-state index < -0.39 is 18.8 Å². The zero-order valence-corrected chi connectivity index (χ0v) is 12.5. The summed E-state index contributed by atoms with van der Waals surface area (Å²) in [5, 5.41) is 0. The van der Waals surface area contributed by atoms with Gasteiger partial charge in [-0.2, -0.15) is 13.2 Å². The minimum atomic E-state index is -4.19. The molecule has 0 radical (unpaired) electrons. The molecule has 1 unspecified atom stereocenters. The zero-order chi connectivity index (χ0) is 15.6. The summed E-state index contributed by atoms with van der Waals surface area (Å²) in [6.07, 6.45) is -4.19. The fourth-order valence-corrected chi connectivity index (χ4v) is 2.04. The van der Waals surface area contributed by atoms with Gasteiger partial charge < -0.3 is 5.73 Å². The van der Waals surface area contributed by atoms with Crippen LogP contribution in [0.1, 0.15) is 37.9 Å². The third kappa shape index (κ3) is 5.51. The van der Waals surface area contributed by atoms with Crippen LogP contribution < -0.4 is 5.73 Å². The van der Waals surface area contributed by atoms with Crippen LogP contribution in [0.25, 0.3) is 0 Å². The van der Waals surface area contributed by atoms with Crippen LogP contribution in [0.2, 0.25) is 0 Å². The number of benzene rings is 1. The fraction of sp³-hybridized carbons (Fsp3) is 0.600. The number of hydrogen-bond donors (Lipinski definition) is 1. The summed E-state index contributed by atoms with van der Waals surface area (Å²) in [6, 6.07) is 7.34. The van der Waals surface area contributed by atoms with Crippen molar-refractivity contribution >= 4 is 0 Å².